The maximum Gasteiger partial charge on any atom is 0.245 e. The van der Waals surface area contributed by atoms with Crippen molar-refractivity contribution >= 4 is 67.9 Å². The average Bonchev–Trinajstić information content (AvgIpc) is 3.17. The number of nitrogens with zero attached hydrogens (tertiary/aromatic N) is 1. The van der Waals surface area contributed by atoms with Gasteiger partial charge in [0.1, 0.15) is 12.4 Å². The summed E-state index contributed by atoms with van der Waals surface area (Å²) in [5.41, 5.74) is 6.77. The first-order valence-corrected chi connectivity index (χ1v) is 10.9. The molecule has 0 aliphatic rings. The fraction of sp³-hybridized carbons (Fsp3) is 0.0800. The fourth-order valence-corrected chi connectivity index (χ4v) is 4.27. The number of phenolic OH excluding ortho intramolecular Hbond substituents is 1. The van der Waals surface area contributed by atoms with Crippen LogP contribution in [0.25, 0.3) is 32.6 Å². The Kier molecular flexibility index (Phi) is 5.62. The minimum Gasteiger partial charge on any atom is -0.507 e. The van der Waals surface area contributed by atoms with Gasteiger partial charge in [-0.3, -0.25) is 0 Å². The first-order chi connectivity index (χ1) is 16.0. The van der Waals surface area contributed by atoms with Crippen molar-refractivity contribution in [2.45, 2.75) is 13.5 Å². The van der Waals surface area contributed by atoms with Gasteiger partial charge < -0.3 is 19.8 Å². The smallest absolute Gasteiger partial charge is 0.245 e. The van der Waals surface area contributed by atoms with E-state index in [0.29, 0.717) is 15.6 Å². The molecular formula is C25H19Cl2N3O3. The summed E-state index contributed by atoms with van der Waals surface area (Å²) in [5, 5.41) is 20.0. The van der Waals surface area contributed by atoms with Crippen molar-refractivity contribution < 1.29 is 14.8 Å². The van der Waals surface area contributed by atoms with E-state index in [-0.39, 0.29) is 12.4 Å². The number of nitrogens with one attached hydrogen (secondary N) is 2. The Morgan fingerprint density at radius 1 is 1.00 bits per heavy atom. The Bertz CT molecular complexity index is 1510. The van der Waals surface area contributed by atoms with Gasteiger partial charge in [0.05, 0.1) is 11.2 Å². The van der Waals surface area contributed by atoms with Crippen molar-refractivity contribution in [1.29, 1.82) is 0 Å². The summed E-state index contributed by atoms with van der Waals surface area (Å²) >= 11 is 12.0. The van der Waals surface area contributed by atoms with Crippen LogP contribution in [0.3, 0.4) is 0 Å². The first-order valence-electron chi connectivity index (χ1n) is 10.2. The van der Waals surface area contributed by atoms with Crippen LogP contribution >= 0.6 is 23.2 Å². The molecule has 166 valence electrons. The molecule has 0 bridgehead atoms. The predicted molar refractivity (Wildman–Crippen MR) is 134 cm³/mol. The number of aromatic hydroxyl groups is 1. The van der Waals surface area contributed by atoms with E-state index < -0.39 is 0 Å². The van der Waals surface area contributed by atoms with Crippen molar-refractivity contribution in [1.82, 2.24) is 4.98 Å². The van der Waals surface area contributed by atoms with Crippen molar-refractivity contribution in [2.75, 3.05) is 5.48 Å². The number of aromatic amines is 1. The summed E-state index contributed by atoms with van der Waals surface area (Å²) in [6, 6.07) is 18.8. The SMILES string of the molecule is Cc1c(O)c(CO/N=C/ONc2ccc(Cl)cc2)cc2ccc3c4cc(Cl)ccc4[nH]c3c12. The molecule has 33 heavy (non-hydrogen) atoms. The molecule has 4 aromatic carbocycles. The fourth-order valence-electron chi connectivity index (χ4n) is 3.98. The van der Waals surface area contributed by atoms with E-state index in [1.165, 1.54) is 0 Å². The largest absolute Gasteiger partial charge is 0.507 e. The van der Waals surface area contributed by atoms with Crippen molar-refractivity contribution in [3.8, 4) is 5.75 Å². The zero-order valence-electron chi connectivity index (χ0n) is 17.5. The van der Waals surface area contributed by atoms with Gasteiger partial charge in [-0.25, -0.2) is 5.48 Å². The number of aryl methyl sites for hydroxylation is 1. The highest BCUT2D eigenvalue weighted by Gasteiger charge is 2.15. The molecule has 3 N–H and O–H groups in total. The van der Waals surface area contributed by atoms with Gasteiger partial charge in [0.2, 0.25) is 6.40 Å². The van der Waals surface area contributed by atoms with Gasteiger partial charge in [-0.1, -0.05) is 40.5 Å². The zero-order chi connectivity index (χ0) is 22.9. The summed E-state index contributed by atoms with van der Waals surface area (Å²) in [6.07, 6.45) is 1.14. The lowest BCUT2D eigenvalue weighted by molar-refractivity contribution is 0.123. The number of hydrogen-bond donors (Lipinski definition) is 3. The third kappa shape index (κ3) is 4.11. The quantitative estimate of drug-likeness (QED) is 0.135. The lowest BCUT2D eigenvalue weighted by atomic mass is 9.98. The number of benzene rings is 4. The number of hydrogen-bond acceptors (Lipinski definition) is 5. The molecule has 5 rings (SSSR count). The Morgan fingerprint density at radius 2 is 1.79 bits per heavy atom. The maximum atomic E-state index is 10.8. The molecule has 0 saturated heterocycles. The van der Waals surface area contributed by atoms with Gasteiger partial charge in [-0.2, -0.15) is 0 Å². The predicted octanol–water partition coefficient (Wildman–Crippen LogP) is 7.30. The molecule has 1 heterocycles. The van der Waals surface area contributed by atoms with Crippen molar-refractivity contribution in [2.24, 2.45) is 5.16 Å². The minimum absolute atomic E-state index is 0.0871. The third-order valence-corrected chi connectivity index (χ3v) is 6.03. The second-order valence-electron chi connectivity index (χ2n) is 7.62. The van der Waals surface area contributed by atoms with E-state index in [0.717, 1.165) is 50.2 Å². The van der Waals surface area contributed by atoms with Gasteiger partial charge >= 0.3 is 0 Å². The number of halogens is 2. The molecule has 0 amide bonds. The number of rotatable bonds is 6. The molecule has 0 atom stereocenters. The van der Waals surface area contributed by atoms with E-state index in [4.69, 9.17) is 32.9 Å². The van der Waals surface area contributed by atoms with E-state index in [1.54, 1.807) is 24.3 Å². The summed E-state index contributed by atoms with van der Waals surface area (Å²) in [4.78, 5) is 13.9. The van der Waals surface area contributed by atoms with E-state index in [1.807, 2.05) is 37.3 Å². The van der Waals surface area contributed by atoms with Gasteiger partial charge in [0, 0.05) is 42.8 Å². The number of fused-ring (bicyclic) bond motifs is 5. The second kappa shape index (κ2) is 8.73. The average molecular weight is 480 g/mol. The Labute approximate surface area is 199 Å². The summed E-state index contributed by atoms with van der Waals surface area (Å²) in [5.74, 6) is 0.169. The molecule has 6 nitrogen and oxygen atoms in total. The lowest BCUT2D eigenvalue weighted by Crippen LogP contribution is -1.99. The van der Waals surface area contributed by atoms with E-state index in [2.05, 4.69) is 21.7 Å². The first kappa shape index (κ1) is 21.2. The molecule has 0 unspecified atom stereocenters. The van der Waals surface area contributed by atoms with Crippen LogP contribution in [0.4, 0.5) is 5.69 Å². The highest BCUT2D eigenvalue weighted by molar-refractivity contribution is 6.32. The van der Waals surface area contributed by atoms with Crippen molar-refractivity contribution in [3.63, 3.8) is 0 Å². The van der Waals surface area contributed by atoms with Gasteiger partial charge in [-0.05, 0) is 60.8 Å². The Morgan fingerprint density at radius 3 is 2.61 bits per heavy atom. The minimum atomic E-state index is 0.0871. The number of oxime groups is 1. The summed E-state index contributed by atoms with van der Waals surface area (Å²) in [7, 11) is 0. The highest BCUT2D eigenvalue weighted by atomic mass is 35.5. The van der Waals surface area contributed by atoms with Crippen LogP contribution in [0.1, 0.15) is 11.1 Å². The number of phenols is 1. The molecule has 8 heteroatoms. The standard InChI is InChI=1S/C25H19Cl2N3O3/c1-14-23-15(2-8-20-21-11-18(27)5-9-22(21)29-24(20)23)10-16(25(14)31)12-32-28-13-33-30-19-6-3-17(26)4-7-19/h2-11,13,29-31H,12H2,1H3/b28-13+. The maximum absolute atomic E-state index is 10.8. The summed E-state index contributed by atoms with van der Waals surface area (Å²) < 4.78 is 0. The molecule has 5 aromatic rings. The number of anilines is 1. The molecule has 0 saturated carbocycles. The van der Waals surface area contributed by atoms with Crippen LogP contribution in [-0.4, -0.2) is 16.5 Å². The Balaban J connectivity index is 1.35. The number of H-pyrrole nitrogens is 1. The van der Waals surface area contributed by atoms with Crippen LogP contribution < -0.4 is 5.48 Å². The van der Waals surface area contributed by atoms with Crippen LogP contribution in [0.5, 0.6) is 5.75 Å². The highest BCUT2D eigenvalue weighted by Crippen LogP contribution is 2.38. The van der Waals surface area contributed by atoms with Gasteiger partial charge in [0.15, 0.2) is 0 Å². The molecule has 0 aliphatic carbocycles. The molecule has 0 fully saturated rings. The molecule has 0 radical (unpaired) electrons. The van der Waals surface area contributed by atoms with Crippen LogP contribution in [-0.2, 0) is 16.3 Å². The van der Waals surface area contributed by atoms with E-state index in [9.17, 15) is 5.11 Å². The monoisotopic (exact) mass is 479 g/mol. The van der Waals surface area contributed by atoms with Crippen LogP contribution in [0.2, 0.25) is 10.0 Å². The van der Waals surface area contributed by atoms with Crippen molar-refractivity contribution in [3.05, 3.63) is 81.8 Å². The second-order valence-corrected chi connectivity index (χ2v) is 8.49. The molecule has 1 aromatic heterocycles. The normalized spacial score (nSPS) is 11.6. The van der Waals surface area contributed by atoms with Crippen LogP contribution in [0.15, 0.2) is 65.8 Å². The van der Waals surface area contributed by atoms with Crippen LogP contribution in [0, 0.1) is 6.92 Å². The topological polar surface area (TPSA) is 78.9 Å². The van der Waals surface area contributed by atoms with E-state index >= 15 is 0 Å². The summed E-state index contributed by atoms with van der Waals surface area (Å²) in [6.45, 7) is 1.98. The number of aromatic nitrogens is 1. The molecule has 0 spiro atoms. The lowest BCUT2D eigenvalue weighted by Gasteiger charge is -2.11. The third-order valence-electron chi connectivity index (χ3n) is 5.54. The molecule has 0 aliphatic heterocycles. The van der Waals surface area contributed by atoms with Gasteiger partial charge in [-0.15, -0.1) is 0 Å². The van der Waals surface area contributed by atoms with Gasteiger partial charge in [0.25, 0.3) is 0 Å². The Hall–Kier alpha value is -3.61. The molecular weight excluding hydrogens is 461 g/mol. The zero-order valence-corrected chi connectivity index (χ0v) is 19.0.